The van der Waals surface area contributed by atoms with Gasteiger partial charge in [0.2, 0.25) is 0 Å². The molecule has 1 unspecified atom stereocenters. The Morgan fingerprint density at radius 1 is 1.00 bits per heavy atom. The molecule has 0 aliphatic rings. The van der Waals surface area contributed by atoms with Crippen LogP contribution in [-0.2, 0) is 9.53 Å². The Kier molecular flexibility index (Phi) is 12.1. The van der Waals surface area contributed by atoms with Crippen molar-refractivity contribution in [2.75, 3.05) is 0 Å². The van der Waals surface area contributed by atoms with Gasteiger partial charge in [-0.1, -0.05) is 58.3 Å². The van der Waals surface area contributed by atoms with Crippen LogP contribution in [0.2, 0.25) is 0 Å². The molecule has 0 aromatic carbocycles. The van der Waals surface area contributed by atoms with Crippen molar-refractivity contribution in [3.8, 4) is 0 Å². The number of aliphatic hydroxyl groups is 1. The molecule has 0 bridgehead atoms. The van der Waals surface area contributed by atoms with Gasteiger partial charge in [-0.2, -0.15) is 0 Å². The number of carbonyl (C=O) groups is 1. The number of hydrogen-bond donors (Lipinski definition) is 1. The summed E-state index contributed by atoms with van der Waals surface area (Å²) in [5, 5.41) is 9.10. The Morgan fingerprint density at radius 2 is 1.50 bits per heavy atom. The summed E-state index contributed by atoms with van der Waals surface area (Å²) in [5.74, 6) is 0. The molecule has 0 saturated heterocycles. The molecular formula is C13H26O3. The number of carbonyl (C=O) groups excluding carboxylic acids is 1. The fourth-order valence-electron chi connectivity index (χ4n) is 1.76. The Balaban J connectivity index is 3.00. The second kappa shape index (κ2) is 12.5. The van der Waals surface area contributed by atoms with E-state index in [9.17, 15) is 4.79 Å². The van der Waals surface area contributed by atoms with Gasteiger partial charge < -0.3 is 9.84 Å². The highest BCUT2D eigenvalue weighted by Crippen LogP contribution is 2.11. The van der Waals surface area contributed by atoms with E-state index in [-0.39, 0.29) is 0 Å². The summed E-state index contributed by atoms with van der Waals surface area (Å²) >= 11 is 0. The number of ether oxygens (including phenoxy) is 1. The topological polar surface area (TPSA) is 46.5 Å². The molecule has 3 nitrogen and oxygen atoms in total. The van der Waals surface area contributed by atoms with Crippen LogP contribution in [0, 0.1) is 0 Å². The van der Waals surface area contributed by atoms with Crippen LogP contribution < -0.4 is 0 Å². The first-order valence-corrected chi connectivity index (χ1v) is 6.58. The maximum Gasteiger partial charge on any atom is 0.295 e. The first-order valence-electron chi connectivity index (χ1n) is 6.58. The standard InChI is InChI=1S/C13H26O3/c1-2-3-4-5-6-7-8-9-10-11-13(15)16-12-14/h12-13,15H,2-11H2,1H3. The molecule has 0 fully saturated rings. The van der Waals surface area contributed by atoms with Crippen molar-refractivity contribution < 1.29 is 14.6 Å². The van der Waals surface area contributed by atoms with Crippen LogP contribution in [0.3, 0.4) is 0 Å². The van der Waals surface area contributed by atoms with Crippen molar-refractivity contribution in [3.05, 3.63) is 0 Å². The van der Waals surface area contributed by atoms with Gasteiger partial charge in [0.1, 0.15) is 0 Å². The molecule has 0 aliphatic heterocycles. The van der Waals surface area contributed by atoms with E-state index < -0.39 is 6.29 Å². The largest absolute Gasteiger partial charge is 0.438 e. The molecule has 1 N–H and O–H groups in total. The number of rotatable bonds is 12. The predicted octanol–water partition coefficient (Wildman–Crippen LogP) is 3.40. The number of aliphatic hydroxyl groups excluding tert-OH is 1. The van der Waals surface area contributed by atoms with Crippen LogP contribution in [0.5, 0.6) is 0 Å². The summed E-state index contributed by atoms with van der Waals surface area (Å²) in [4.78, 5) is 9.89. The van der Waals surface area contributed by atoms with Gasteiger partial charge in [-0.15, -0.1) is 0 Å². The molecule has 0 radical (unpaired) electrons. The van der Waals surface area contributed by atoms with E-state index in [1.54, 1.807) is 0 Å². The second-order valence-corrected chi connectivity index (χ2v) is 4.30. The van der Waals surface area contributed by atoms with E-state index >= 15 is 0 Å². The van der Waals surface area contributed by atoms with Gasteiger partial charge in [-0.25, -0.2) is 0 Å². The van der Waals surface area contributed by atoms with E-state index in [4.69, 9.17) is 5.11 Å². The lowest BCUT2D eigenvalue weighted by Crippen LogP contribution is -2.09. The maximum absolute atomic E-state index is 9.89. The molecule has 0 heterocycles. The van der Waals surface area contributed by atoms with Crippen LogP contribution in [0.4, 0.5) is 0 Å². The van der Waals surface area contributed by atoms with Gasteiger partial charge in [-0.3, -0.25) is 4.79 Å². The van der Waals surface area contributed by atoms with Gasteiger partial charge in [0.15, 0.2) is 6.29 Å². The molecule has 3 heteroatoms. The summed E-state index contributed by atoms with van der Waals surface area (Å²) in [6.07, 6.45) is 10.9. The fraction of sp³-hybridized carbons (Fsp3) is 0.923. The average molecular weight is 230 g/mol. The van der Waals surface area contributed by atoms with Crippen LogP contribution in [0.15, 0.2) is 0 Å². The van der Waals surface area contributed by atoms with Gasteiger partial charge in [0, 0.05) is 6.42 Å². The van der Waals surface area contributed by atoms with Crippen molar-refractivity contribution >= 4 is 6.47 Å². The van der Waals surface area contributed by atoms with E-state index in [0.717, 1.165) is 12.8 Å². The van der Waals surface area contributed by atoms with Gasteiger partial charge in [-0.05, 0) is 6.42 Å². The molecule has 0 aromatic rings. The molecule has 0 amide bonds. The lowest BCUT2D eigenvalue weighted by molar-refractivity contribution is -0.152. The Hall–Kier alpha value is -0.570. The van der Waals surface area contributed by atoms with Gasteiger partial charge >= 0.3 is 0 Å². The Bertz CT molecular complexity index is 148. The summed E-state index contributed by atoms with van der Waals surface area (Å²) in [5.41, 5.74) is 0. The van der Waals surface area contributed by atoms with Gasteiger partial charge in [0.25, 0.3) is 6.47 Å². The monoisotopic (exact) mass is 230 g/mol. The SMILES string of the molecule is CCCCCCCCCCCC(O)OC=O. The lowest BCUT2D eigenvalue weighted by Gasteiger charge is -2.07. The van der Waals surface area contributed by atoms with Crippen LogP contribution in [0.1, 0.15) is 71.1 Å². The quantitative estimate of drug-likeness (QED) is 0.317. The lowest BCUT2D eigenvalue weighted by atomic mass is 10.1. The zero-order valence-electron chi connectivity index (χ0n) is 10.5. The zero-order valence-corrected chi connectivity index (χ0v) is 10.5. The minimum Gasteiger partial charge on any atom is -0.438 e. The first-order chi connectivity index (χ1) is 7.81. The summed E-state index contributed by atoms with van der Waals surface area (Å²) in [6.45, 7) is 2.53. The molecule has 0 aliphatic carbocycles. The van der Waals surface area contributed by atoms with Crippen molar-refractivity contribution in [1.29, 1.82) is 0 Å². The van der Waals surface area contributed by atoms with E-state index in [1.165, 1.54) is 44.9 Å². The minimum atomic E-state index is -0.901. The fourth-order valence-corrected chi connectivity index (χ4v) is 1.76. The average Bonchev–Trinajstić information content (AvgIpc) is 2.27. The summed E-state index contributed by atoms with van der Waals surface area (Å²) < 4.78 is 4.39. The zero-order chi connectivity index (χ0) is 12.1. The van der Waals surface area contributed by atoms with Crippen LogP contribution in [-0.4, -0.2) is 17.9 Å². The molecule has 0 spiro atoms. The number of unbranched alkanes of at least 4 members (excludes halogenated alkanes) is 8. The number of hydrogen-bond acceptors (Lipinski definition) is 3. The first kappa shape index (κ1) is 15.4. The van der Waals surface area contributed by atoms with E-state index in [1.807, 2.05) is 0 Å². The van der Waals surface area contributed by atoms with E-state index in [0.29, 0.717) is 12.9 Å². The molecule has 16 heavy (non-hydrogen) atoms. The summed E-state index contributed by atoms with van der Waals surface area (Å²) in [6, 6.07) is 0. The highest BCUT2D eigenvalue weighted by molar-refractivity contribution is 5.37. The molecule has 1 atom stereocenters. The Morgan fingerprint density at radius 3 is 2.00 bits per heavy atom. The highest BCUT2D eigenvalue weighted by Gasteiger charge is 2.02. The van der Waals surface area contributed by atoms with Crippen molar-refractivity contribution in [2.45, 2.75) is 77.4 Å². The molecule has 0 saturated carbocycles. The normalized spacial score (nSPS) is 12.4. The van der Waals surface area contributed by atoms with Gasteiger partial charge in [0.05, 0.1) is 0 Å². The minimum absolute atomic E-state index is 0.304. The predicted molar refractivity (Wildman–Crippen MR) is 65.0 cm³/mol. The molecule has 0 rings (SSSR count). The van der Waals surface area contributed by atoms with Crippen molar-refractivity contribution in [1.82, 2.24) is 0 Å². The summed E-state index contributed by atoms with van der Waals surface area (Å²) in [7, 11) is 0. The van der Waals surface area contributed by atoms with Crippen molar-refractivity contribution in [3.63, 3.8) is 0 Å². The third-order valence-corrected chi connectivity index (χ3v) is 2.77. The van der Waals surface area contributed by atoms with E-state index in [2.05, 4.69) is 11.7 Å². The molecular weight excluding hydrogens is 204 g/mol. The van der Waals surface area contributed by atoms with Crippen LogP contribution >= 0.6 is 0 Å². The smallest absolute Gasteiger partial charge is 0.295 e. The third kappa shape index (κ3) is 11.5. The van der Waals surface area contributed by atoms with Crippen molar-refractivity contribution in [2.24, 2.45) is 0 Å². The maximum atomic E-state index is 9.89. The second-order valence-electron chi connectivity index (χ2n) is 4.30. The Labute approximate surface area is 99.2 Å². The highest BCUT2D eigenvalue weighted by atomic mass is 16.6. The van der Waals surface area contributed by atoms with Crippen LogP contribution in [0.25, 0.3) is 0 Å². The molecule has 96 valence electrons. The third-order valence-electron chi connectivity index (χ3n) is 2.77. The molecule has 0 aromatic heterocycles.